The molecule has 0 amide bonds. The lowest BCUT2D eigenvalue weighted by Crippen LogP contribution is -2.23. The summed E-state index contributed by atoms with van der Waals surface area (Å²) in [4.78, 5) is 2.75. The third-order valence-electron chi connectivity index (χ3n) is 5.01. The topological polar surface area (TPSA) is 9.23 Å². The van der Waals surface area contributed by atoms with Crippen LogP contribution in [0, 0.1) is 0 Å². The summed E-state index contributed by atoms with van der Waals surface area (Å²) in [6.07, 6.45) is 1.08. The van der Waals surface area contributed by atoms with Crippen LogP contribution in [0.25, 0.3) is 20.2 Å². The van der Waals surface area contributed by atoms with E-state index in [1.54, 1.807) is 0 Å². The molecule has 2 aromatic heterocycles. The van der Waals surface area contributed by atoms with Gasteiger partial charge in [0.15, 0.2) is 0 Å². The molecule has 4 aromatic rings. The molecule has 0 spiro atoms. The van der Waals surface area contributed by atoms with E-state index in [2.05, 4.69) is 62.4 Å². The standard InChI is InChI=1S/C20H16OS2/c1-3-20(2)18-16(12-8-4-6-10-14(12)22-18)21-17-13-9-5-7-11-15(13)23-19(17)20/h4-11H,3H2,1-2H3. The first kappa shape index (κ1) is 13.6. The number of fused-ring (bicyclic) bond motifs is 6. The number of ether oxygens (including phenoxy) is 1. The van der Waals surface area contributed by atoms with Crippen LogP contribution >= 0.6 is 22.7 Å². The van der Waals surface area contributed by atoms with Gasteiger partial charge in [-0.05, 0) is 37.6 Å². The minimum atomic E-state index is 0.0380. The van der Waals surface area contributed by atoms with Crippen molar-refractivity contribution in [1.29, 1.82) is 0 Å². The van der Waals surface area contributed by atoms with E-state index < -0.39 is 0 Å². The largest absolute Gasteiger partial charge is 0.454 e. The summed E-state index contributed by atoms with van der Waals surface area (Å²) < 4.78 is 9.13. The SMILES string of the molecule is CCC1(C)c2sc3ccccc3c2Oc2c1sc1ccccc21. The smallest absolute Gasteiger partial charge is 0.150 e. The Balaban J connectivity index is 1.90. The molecule has 23 heavy (non-hydrogen) atoms. The zero-order valence-corrected chi connectivity index (χ0v) is 14.7. The number of thiophene rings is 2. The summed E-state index contributed by atoms with van der Waals surface area (Å²) >= 11 is 3.77. The van der Waals surface area contributed by atoms with E-state index in [1.165, 1.54) is 29.9 Å². The van der Waals surface area contributed by atoms with Crippen LogP contribution in [0.15, 0.2) is 48.5 Å². The van der Waals surface area contributed by atoms with Gasteiger partial charge in [-0.1, -0.05) is 31.2 Å². The molecule has 0 saturated carbocycles. The first-order valence-corrected chi connectivity index (χ1v) is 9.57. The van der Waals surface area contributed by atoms with Crippen molar-refractivity contribution in [3.63, 3.8) is 0 Å². The van der Waals surface area contributed by atoms with E-state index in [1.807, 2.05) is 22.7 Å². The van der Waals surface area contributed by atoms with Crippen molar-refractivity contribution in [3.05, 3.63) is 58.3 Å². The molecule has 1 aliphatic rings. The molecule has 1 nitrogen and oxygen atoms in total. The first-order chi connectivity index (χ1) is 11.2. The average molecular weight is 336 g/mol. The van der Waals surface area contributed by atoms with Crippen LogP contribution in [0.5, 0.6) is 11.5 Å². The number of benzene rings is 2. The van der Waals surface area contributed by atoms with Gasteiger partial charge in [0.05, 0.1) is 9.75 Å². The fourth-order valence-corrected chi connectivity index (χ4v) is 6.27. The van der Waals surface area contributed by atoms with Gasteiger partial charge in [0.1, 0.15) is 11.5 Å². The molecule has 0 atom stereocenters. The Morgan fingerprint density at radius 3 is 1.78 bits per heavy atom. The molecular formula is C20H16OS2. The summed E-state index contributed by atoms with van der Waals surface area (Å²) in [5, 5.41) is 2.49. The lowest BCUT2D eigenvalue weighted by molar-refractivity contribution is 0.422. The molecule has 0 aliphatic carbocycles. The van der Waals surface area contributed by atoms with Crippen molar-refractivity contribution < 1.29 is 4.74 Å². The van der Waals surface area contributed by atoms with Crippen LogP contribution in [-0.4, -0.2) is 0 Å². The Labute approximate surface area is 143 Å². The summed E-state index contributed by atoms with van der Waals surface area (Å²) in [5.74, 6) is 2.15. The molecule has 3 heteroatoms. The first-order valence-electron chi connectivity index (χ1n) is 7.94. The second-order valence-electron chi connectivity index (χ2n) is 6.30. The molecule has 5 rings (SSSR count). The summed E-state index contributed by atoms with van der Waals surface area (Å²) in [6.45, 7) is 4.66. The van der Waals surface area contributed by atoms with Crippen molar-refractivity contribution in [3.8, 4) is 11.5 Å². The fraction of sp³-hybridized carbons (Fsp3) is 0.200. The highest BCUT2D eigenvalue weighted by molar-refractivity contribution is 7.21. The van der Waals surface area contributed by atoms with Gasteiger partial charge in [0.2, 0.25) is 0 Å². The van der Waals surface area contributed by atoms with Crippen molar-refractivity contribution in [2.75, 3.05) is 0 Å². The third kappa shape index (κ3) is 1.67. The number of rotatable bonds is 1. The zero-order chi connectivity index (χ0) is 15.6. The summed E-state index contributed by atoms with van der Waals surface area (Å²) in [5.41, 5.74) is 0.0380. The van der Waals surface area contributed by atoms with E-state index in [0.717, 1.165) is 17.9 Å². The second-order valence-corrected chi connectivity index (χ2v) is 8.41. The zero-order valence-electron chi connectivity index (χ0n) is 13.1. The van der Waals surface area contributed by atoms with Gasteiger partial charge >= 0.3 is 0 Å². The highest BCUT2D eigenvalue weighted by Gasteiger charge is 2.41. The van der Waals surface area contributed by atoms with Crippen molar-refractivity contribution in [1.82, 2.24) is 0 Å². The van der Waals surface area contributed by atoms with Gasteiger partial charge < -0.3 is 4.74 Å². The third-order valence-corrected chi connectivity index (χ3v) is 7.85. The summed E-state index contributed by atoms with van der Waals surface area (Å²) in [6, 6.07) is 17.2. The van der Waals surface area contributed by atoms with Crippen LogP contribution in [0.2, 0.25) is 0 Å². The van der Waals surface area contributed by atoms with Crippen LogP contribution < -0.4 is 4.74 Å². The Kier molecular flexibility index (Phi) is 2.71. The molecule has 0 fully saturated rings. The highest BCUT2D eigenvalue weighted by atomic mass is 32.1. The molecule has 0 bridgehead atoms. The molecule has 3 heterocycles. The van der Waals surface area contributed by atoms with Crippen LogP contribution in [0.4, 0.5) is 0 Å². The molecule has 0 radical (unpaired) electrons. The monoisotopic (exact) mass is 336 g/mol. The maximum atomic E-state index is 6.50. The number of hydrogen-bond acceptors (Lipinski definition) is 3. The highest BCUT2D eigenvalue weighted by Crippen LogP contribution is 2.59. The van der Waals surface area contributed by atoms with Gasteiger partial charge in [-0.15, -0.1) is 22.7 Å². The fourth-order valence-electron chi connectivity index (χ4n) is 3.50. The van der Waals surface area contributed by atoms with Gasteiger partial charge in [0.25, 0.3) is 0 Å². The van der Waals surface area contributed by atoms with E-state index in [0.29, 0.717) is 0 Å². The van der Waals surface area contributed by atoms with E-state index in [4.69, 9.17) is 4.74 Å². The Bertz CT molecular complexity index is 974. The van der Waals surface area contributed by atoms with Crippen LogP contribution in [0.1, 0.15) is 30.0 Å². The molecule has 114 valence electrons. The molecule has 2 aromatic carbocycles. The Morgan fingerprint density at radius 2 is 1.30 bits per heavy atom. The lowest BCUT2D eigenvalue weighted by Gasteiger charge is -2.32. The lowest BCUT2D eigenvalue weighted by atomic mass is 9.81. The predicted octanol–water partition coefficient (Wildman–Crippen LogP) is 6.94. The van der Waals surface area contributed by atoms with Gasteiger partial charge in [0, 0.05) is 25.6 Å². The predicted molar refractivity (Wildman–Crippen MR) is 100 cm³/mol. The molecule has 1 aliphatic heterocycles. The maximum absolute atomic E-state index is 6.50. The van der Waals surface area contributed by atoms with Crippen molar-refractivity contribution in [2.24, 2.45) is 0 Å². The van der Waals surface area contributed by atoms with Crippen LogP contribution in [-0.2, 0) is 5.41 Å². The molecular weight excluding hydrogens is 320 g/mol. The van der Waals surface area contributed by atoms with Gasteiger partial charge in [-0.3, -0.25) is 0 Å². The Morgan fingerprint density at radius 1 is 0.826 bits per heavy atom. The van der Waals surface area contributed by atoms with E-state index in [9.17, 15) is 0 Å². The molecule has 0 saturated heterocycles. The van der Waals surface area contributed by atoms with Gasteiger partial charge in [-0.2, -0.15) is 0 Å². The minimum Gasteiger partial charge on any atom is -0.454 e. The number of hydrogen-bond donors (Lipinski definition) is 0. The second kappa shape index (κ2) is 4.59. The molecule has 0 unspecified atom stereocenters. The normalized spacial score (nSPS) is 15.4. The van der Waals surface area contributed by atoms with Crippen molar-refractivity contribution >= 4 is 42.8 Å². The van der Waals surface area contributed by atoms with Crippen LogP contribution in [0.3, 0.4) is 0 Å². The van der Waals surface area contributed by atoms with E-state index in [-0.39, 0.29) is 5.41 Å². The quantitative estimate of drug-likeness (QED) is 0.366. The average Bonchev–Trinajstić information content (AvgIpc) is 3.15. The summed E-state index contributed by atoms with van der Waals surface area (Å²) in [7, 11) is 0. The van der Waals surface area contributed by atoms with E-state index >= 15 is 0 Å². The molecule has 0 N–H and O–H groups in total. The Hall–Kier alpha value is -1.84. The van der Waals surface area contributed by atoms with Gasteiger partial charge in [-0.25, -0.2) is 0 Å². The van der Waals surface area contributed by atoms with Crippen molar-refractivity contribution in [2.45, 2.75) is 25.7 Å². The maximum Gasteiger partial charge on any atom is 0.150 e. The minimum absolute atomic E-state index is 0.0380.